The van der Waals surface area contributed by atoms with E-state index in [1.165, 1.54) is 70.6 Å². The normalized spacial score (nSPS) is 44.9. The maximum Gasteiger partial charge on any atom is 0.158 e. The Bertz CT molecular complexity index is 311. The Balaban J connectivity index is 1.50. The van der Waals surface area contributed by atoms with Crippen molar-refractivity contribution in [1.29, 1.82) is 0 Å². The first-order chi connectivity index (χ1) is 10.4. The maximum atomic E-state index is 5.37. The van der Waals surface area contributed by atoms with Gasteiger partial charge in [0.1, 0.15) is 0 Å². The average molecular weight is 291 g/mol. The summed E-state index contributed by atoms with van der Waals surface area (Å²) in [6.45, 7) is 0. The summed E-state index contributed by atoms with van der Waals surface area (Å²) in [5, 5.41) is 0. The number of hydrogen-bond donors (Lipinski definition) is 0. The molecule has 4 atom stereocenters. The summed E-state index contributed by atoms with van der Waals surface area (Å²) in [6, 6.07) is 0. The van der Waals surface area contributed by atoms with Crippen LogP contribution >= 0.6 is 0 Å². The van der Waals surface area contributed by atoms with E-state index in [1.54, 1.807) is 19.3 Å². The van der Waals surface area contributed by atoms with Crippen molar-refractivity contribution < 1.29 is 4.74 Å². The standard InChI is InChI=1S/C20H34O/c1-2-8-15(9-3-1)14-18-16-10-4-6-12-19(16)21-20-13-7-5-11-17(18)20/h15-20H,1-14H2/p+1. The molecule has 1 aliphatic heterocycles. The topological polar surface area (TPSA) is 12.8 Å². The van der Waals surface area contributed by atoms with Gasteiger partial charge < -0.3 is 4.74 Å². The molecule has 0 aromatic heterocycles. The van der Waals surface area contributed by atoms with Gasteiger partial charge in [-0.05, 0) is 43.9 Å². The summed E-state index contributed by atoms with van der Waals surface area (Å²) < 4.78 is 5.37. The van der Waals surface area contributed by atoms with Gasteiger partial charge in [0.2, 0.25) is 0 Å². The highest BCUT2D eigenvalue weighted by molar-refractivity contribution is 4.95. The lowest BCUT2D eigenvalue weighted by Gasteiger charge is -2.49. The fourth-order valence-corrected chi connectivity index (χ4v) is 6.37. The molecule has 3 aliphatic carbocycles. The summed E-state index contributed by atoms with van der Waals surface area (Å²) in [5.41, 5.74) is 0. The SMILES string of the molecule is C1CCC(CC2C3CCCCC3[OH+]C3CCCCC32)CC1. The Morgan fingerprint density at radius 1 is 0.571 bits per heavy atom. The summed E-state index contributed by atoms with van der Waals surface area (Å²) >= 11 is 0. The van der Waals surface area contributed by atoms with Crippen LogP contribution in [-0.2, 0) is 0 Å². The smallest absolute Gasteiger partial charge is 0.158 e. The van der Waals surface area contributed by atoms with E-state index in [1.807, 2.05) is 0 Å². The van der Waals surface area contributed by atoms with Gasteiger partial charge in [0, 0.05) is 24.7 Å². The molecule has 0 bridgehead atoms. The minimum Gasteiger partial charge on any atom is -0.429 e. The molecule has 1 heterocycles. The van der Waals surface area contributed by atoms with Gasteiger partial charge in [-0.15, -0.1) is 0 Å². The number of rotatable bonds is 2. The third-order valence-electron chi connectivity index (χ3n) is 7.38. The van der Waals surface area contributed by atoms with E-state index in [9.17, 15) is 0 Å². The van der Waals surface area contributed by atoms with Crippen molar-refractivity contribution in [1.82, 2.24) is 0 Å². The van der Waals surface area contributed by atoms with Gasteiger partial charge in [0.05, 0.1) is 0 Å². The summed E-state index contributed by atoms with van der Waals surface area (Å²) in [5.74, 6) is 4.10. The molecule has 21 heavy (non-hydrogen) atoms. The number of hydrogen-bond acceptors (Lipinski definition) is 0. The molecule has 1 nitrogen and oxygen atoms in total. The molecule has 0 amide bonds. The van der Waals surface area contributed by atoms with E-state index >= 15 is 0 Å². The average Bonchev–Trinajstić information content (AvgIpc) is 2.55. The zero-order chi connectivity index (χ0) is 14.1. The monoisotopic (exact) mass is 291 g/mol. The first-order valence-corrected chi connectivity index (χ1v) is 10.1. The Kier molecular flexibility index (Phi) is 4.57. The lowest BCUT2D eigenvalue weighted by Crippen LogP contribution is -2.52. The predicted molar refractivity (Wildman–Crippen MR) is 88.4 cm³/mol. The van der Waals surface area contributed by atoms with Crippen LogP contribution in [0.2, 0.25) is 0 Å². The number of aliphatic hydroxyl groups is 2. The zero-order valence-electron chi connectivity index (χ0n) is 13.8. The molecule has 3 saturated carbocycles. The second-order valence-corrected chi connectivity index (χ2v) is 8.58. The van der Waals surface area contributed by atoms with E-state index in [0.717, 1.165) is 35.9 Å². The Hall–Kier alpha value is -0.0400. The van der Waals surface area contributed by atoms with Crippen molar-refractivity contribution in [2.75, 3.05) is 0 Å². The number of fused-ring (bicyclic) bond motifs is 2. The van der Waals surface area contributed by atoms with Crippen LogP contribution in [0.1, 0.15) is 89.9 Å². The Morgan fingerprint density at radius 3 is 1.71 bits per heavy atom. The van der Waals surface area contributed by atoms with Crippen LogP contribution in [0.4, 0.5) is 0 Å². The van der Waals surface area contributed by atoms with E-state index < -0.39 is 0 Å². The summed E-state index contributed by atoms with van der Waals surface area (Å²) in [4.78, 5) is 0. The van der Waals surface area contributed by atoms with Crippen molar-refractivity contribution in [3.63, 3.8) is 0 Å². The summed E-state index contributed by atoms with van der Waals surface area (Å²) in [6.07, 6.45) is 22.5. The van der Waals surface area contributed by atoms with Crippen molar-refractivity contribution >= 4 is 0 Å². The van der Waals surface area contributed by atoms with Gasteiger partial charge in [0.25, 0.3) is 0 Å². The lowest BCUT2D eigenvalue weighted by atomic mass is 9.62. The van der Waals surface area contributed by atoms with Crippen molar-refractivity contribution in [2.24, 2.45) is 23.7 Å². The third kappa shape index (κ3) is 3.05. The highest BCUT2D eigenvalue weighted by Gasteiger charge is 2.50. The highest BCUT2D eigenvalue weighted by atomic mass is 16.5. The second kappa shape index (κ2) is 6.60. The third-order valence-corrected chi connectivity index (χ3v) is 7.38. The minimum atomic E-state index is 0.770. The highest BCUT2D eigenvalue weighted by Crippen LogP contribution is 2.49. The molecule has 4 rings (SSSR count). The van der Waals surface area contributed by atoms with Crippen LogP contribution in [0.25, 0.3) is 0 Å². The van der Waals surface area contributed by atoms with E-state index in [4.69, 9.17) is 4.74 Å². The molecule has 0 aromatic rings. The van der Waals surface area contributed by atoms with Crippen molar-refractivity contribution in [2.45, 2.75) is 102 Å². The Labute approximate surface area is 131 Å². The first-order valence-electron chi connectivity index (χ1n) is 10.1. The first kappa shape index (κ1) is 14.5. The Morgan fingerprint density at radius 2 is 1.10 bits per heavy atom. The molecule has 120 valence electrons. The lowest BCUT2D eigenvalue weighted by molar-refractivity contribution is -0.272. The fraction of sp³-hybridized carbons (Fsp3) is 1.00. The van der Waals surface area contributed by atoms with Crippen LogP contribution in [-0.4, -0.2) is 16.9 Å². The van der Waals surface area contributed by atoms with Crippen molar-refractivity contribution in [3.8, 4) is 0 Å². The molecule has 0 aromatic carbocycles. The van der Waals surface area contributed by atoms with Gasteiger partial charge in [-0.3, -0.25) is 0 Å². The van der Waals surface area contributed by atoms with Crippen LogP contribution in [0.3, 0.4) is 0 Å². The quantitative estimate of drug-likeness (QED) is 0.618. The van der Waals surface area contributed by atoms with Crippen LogP contribution in [0, 0.1) is 23.7 Å². The second-order valence-electron chi connectivity index (χ2n) is 8.58. The molecular formula is C20H35O+. The van der Waals surface area contributed by atoms with E-state index in [2.05, 4.69) is 0 Å². The predicted octanol–water partition coefficient (Wildman–Crippen LogP) is 5.23. The molecule has 4 unspecified atom stereocenters. The van der Waals surface area contributed by atoms with E-state index in [-0.39, 0.29) is 0 Å². The molecule has 4 aliphatic rings. The zero-order valence-corrected chi connectivity index (χ0v) is 13.8. The molecule has 0 spiro atoms. The van der Waals surface area contributed by atoms with Gasteiger partial charge in [-0.1, -0.05) is 44.9 Å². The van der Waals surface area contributed by atoms with Crippen LogP contribution in [0.5, 0.6) is 0 Å². The largest absolute Gasteiger partial charge is 0.429 e. The molecule has 1 N–H and O–H groups in total. The molecular weight excluding hydrogens is 256 g/mol. The van der Waals surface area contributed by atoms with Gasteiger partial charge in [-0.25, -0.2) is 0 Å². The minimum absolute atomic E-state index is 0.770. The summed E-state index contributed by atoms with van der Waals surface area (Å²) in [7, 11) is 0. The van der Waals surface area contributed by atoms with Crippen LogP contribution in [0.15, 0.2) is 0 Å². The molecule has 0 radical (unpaired) electrons. The van der Waals surface area contributed by atoms with Gasteiger partial charge in [0.15, 0.2) is 12.2 Å². The van der Waals surface area contributed by atoms with Gasteiger partial charge >= 0.3 is 0 Å². The van der Waals surface area contributed by atoms with Crippen molar-refractivity contribution in [3.05, 3.63) is 0 Å². The van der Waals surface area contributed by atoms with Crippen LogP contribution < -0.4 is 0 Å². The maximum absolute atomic E-state index is 5.37. The fourth-order valence-electron chi connectivity index (χ4n) is 6.37. The van der Waals surface area contributed by atoms with Gasteiger partial charge in [-0.2, -0.15) is 0 Å². The van der Waals surface area contributed by atoms with E-state index in [0.29, 0.717) is 0 Å². The molecule has 4 fully saturated rings. The number of ether oxygens (including phenoxy) is 1. The molecule has 1 heteroatoms. The molecule has 1 saturated heterocycles.